The predicted molar refractivity (Wildman–Crippen MR) is 171 cm³/mol. The molecular weight excluding hydrogens is 588 g/mol. The van der Waals surface area contributed by atoms with Gasteiger partial charge in [0.15, 0.2) is 6.29 Å². The molecule has 12 atom stereocenters. The molecule has 0 aromatic heterocycles. The highest BCUT2D eigenvalue weighted by molar-refractivity contribution is 5.85. The Kier molecular flexibility index (Phi) is 8.99. The van der Waals surface area contributed by atoms with Crippen LogP contribution in [0.15, 0.2) is 16.6 Å². The minimum Gasteiger partial charge on any atom is -0.458 e. The highest BCUT2D eigenvalue weighted by atomic mass is 16.7. The Bertz CT molecular complexity index is 1190. The number of cyclic esters (lactones) is 1. The Morgan fingerprint density at radius 1 is 1.04 bits per heavy atom. The van der Waals surface area contributed by atoms with E-state index in [0.717, 1.165) is 57.3 Å². The van der Waals surface area contributed by atoms with Crippen LogP contribution in [-0.2, 0) is 19.0 Å². The summed E-state index contributed by atoms with van der Waals surface area (Å²) in [7, 11) is 0. The molecule has 258 valence electrons. The lowest BCUT2D eigenvalue weighted by molar-refractivity contribution is -0.282. The van der Waals surface area contributed by atoms with Crippen molar-refractivity contribution in [3.8, 4) is 0 Å². The lowest BCUT2D eigenvalue weighted by Gasteiger charge is -2.66. The smallest absolute Gasteiger partial charge is 0.331 e. The fourth-order valence-corrected chi connectivity index (χ4v) is 11.4. The summed E-state index contributed by atoms with van der Waals surface area (Å²) < 4.78 is 17.6. The molecule has 2 saturated heterocycles. The number of hydrogen-bond donors (Lipinski definition) is 4. The van der Waals surface area contributed by atoms with Crippen LogP contribution in [0.1, 0.15) is 97.3 Å². The second-order valence-corrected chi connectivity index (χ2v) is 16.1. The number of aliphatic hydroxyl groups is 4. The van der Waals surface area contributed by atoms with Gasteiger partial charge in [0.25, 0.3) is 0 Å². The molecule has 46 heavy (non-hydrogen) atoms. The Hall–Kier alpha value is -1.40. The van der Waals surface area contributed by atoms with Crippen LogP contribution in [0.3, 0.4) is 0 Å². The number of likely N-dealkylation sites (tertiary alicyclic amines) is 1. The summed E-state index contributed by atoms with van der Waals surface area (Å²) in [4.78, 5) is 19.6. The van der Waals surface area contributed by atoms with Crippen molar-refractivity contribution in [2.24, 2.45) is 33.6 Å². The summed E-state index contributed by atoms with van der Waals surface area (Å²) in [5, 5.41) is 46.0. The van der Waals surface area contributed by atoms with Crippen LogP contribution in [0.4, 0.5) is 0 Å². The molecule has 0 spiro atoms. The van der Waals surface area contributed by atoms with E-state index >= 15 is 0 Å². The zero-order valence-corrected chi connectivity index (χ0v) is 27.8. The van der Waals surface area contributed by atoms with Crippen molar-refractivity contribution in [3.05, 3.63) is 11.6 Å². The van der Waals surface area contributed by atoms with E-state index in [1.807, 2.05) is 0 Å². The molecule has 4 aliphatic carbocycles. The minimum atomic E-state index is -1.04. The maximum absolute atomic E-state index is 12.8. The standard InChI is InChI=1S/C36H56N2O8/c1-23-32(41)29(39)19-31(45-23)46-25-6-11-34(22-37-14-17-38-15-4-3-5-16-38)27-7-10-33(2)26(24-18-30(40)44-21-24)9-13-36(33,43)28(27)8-12-35(34,42)20-25/h18,22-23,25-29,31-32,39,41-43H,3-17,19-21H2,1-2H3/t23-,25+,26+,27-,28+,29-,31+,32+,33-,34+,35-,36+/m1/s1. The largest absolute Gasteiger partial charge is 0.458 e. The normalized spacial score (nSPS) is 49.7. The van der Waals surface area contributed by atoms with E-state index in [1.54, 1.807) is 13.0 Å². The third-order valence-electron chi connectivity index (χ3n) is 14.0. The van der Waals surface area contributed by atoms with Crippen LogP contribution in [0.2, 0.25) is 0 Å². The molecule has 0 radical (unpaired) electrons. The van der Waals surface area contributed by atoms with E-state index in [4.69, 9.17) is 19.2 Å². The lowest BCUT2D eigenvalue weighted by atomic mass is 9.41. The maximum atomic E-state index is 12.8. The minimum absolute atomic E-state index is 0.0281. The lowest BCUT2D eigenvalue weighted by Crippen LogP contribution is -2.69. The third kappa shape index (κ3) is 5.42. The van der Waals surface area contributed by atoms with Crippen molar-refractivity contribution >= 4 is 12.2 Å². The summed E-state index contributed by atoms with van der Waals surface area (Å²) in [5.41, 5.74) is -1.83. The van der Waals surface area contributed by atoms with E-state index in [0.29, 0.717) is 38.8 Å². The van der Waals surface area contributed by atoms with Gasteiger partial charge in [0.1, 0.15) is 12.7 Å². The van der Waals surface area contributed by atoms with Crippen molar-refractivity contribution in [2.75, 3.05) is 32.8 Å². The van der Waals surface area contributed by atoms with E-state index in [9.17, 15) is 25.2 Å². The molecule has 10 heteroatoms. The molecule has 7 aliphatic rings. The van der Waals surface area contributed by atoms with Gasteiger partial charge in [-0.15, -0.1) is 0 Å². The maximum Gasteiger partial charge on any atom is 0.331 e. The molecule has 0 unspecified atom stereocenters. The summed E-state index contributed by atoms with van der Waals surface area (Å²) in [6, 6.07) is 0. The van der Waals surface area contributed by atoms with Gasteiger partial charge >= 0.3 is 5.97 Å². The first kappa shape index (κ1) is 33.1. The molecule has 7 rings (SSSR count). The van der Waals surface area contributed by atoms with E-state index in [1.165, 1.54) is 19.3 Å². The molecule has 0 aromatic rings. The first-order valence-corrected chi connectivity index (χ1v) is 18.2. The van der Waals surface area contributed by atoms with Crippen LogP contribution in [-0.4, -0.2) is 112 Å². The molecular formula is C36H56N2O8. The molecule has 4 saturated carbocycles. The fraction of sp³-hybridized carbons (Fsp3) is 0.889. The second-order valence-electron chi connectivity index (χ2n) is 16.1. The van der Waals surface area contributed by atoms with Crippen molar-refractivity contribution in [1.29, 1.82) is 0 Å². The van der Waals surface area contributed by atoms with Gasteiger partial charge in [0.05, 0.1) is 36.1 Å². The Morgan fingerprint density at radius 3 is 2.57 bits per heavy atom. The SMILES string of the molecule is C[C@H]1O[C@@H](O[C@H]2CC[C@]3(C=NCCN4CCCCC4)[C@@H]4CC[C@]5(C)[C@H](C6=CC(=O)OC6)CC[C@]5(O)[C@H]4CC[C@@]3(O)C2)C[C@@H](O)[C@H]1O. The number of aliphatic imine (C=N–C) groups is 1. The number of ether oxygens (including phenoxy) is 3. The van der Waals surface area contributed by atoms with Crippen molar-refractivity contribution < 1.29 is 39.4 Å². The van der Waals surface area contributed by atoms with Crippen molar-refractivity contribution in [2.45, 2.75) is 139 Å². The molecule has 4 N–H and O–H groups in total. The first-order valence-electron chi connectivity index (χ1n) is 18.2. The highest BCUT2D eigenvalue weighted by Gasteiger charge is 2.71. The summed E-state index contributed by atoms with van der Waals surface area (Å²) in [6.45, 7) is 8.19. The molecule has 10 nitrogen and oxygen atoms in total. The van der Waals surface area contributed by atoms with Crippen molar-refractivity contribution in [1.82, 2.24) is 4.90 Å². The summed E-state index contributed by atoms with van der Waals surface area (Å²) >= 11 is 0. The number of fused-ring (bicyclic) bond motifs is 5. The zero-order valence-electron chi connectivity index (χ0n) is 27.8. The van der Waals surface area contributed by atoms with Crippen molar-refractivity contribution in [3.63, 3.8) is 0 Å². The molecule has 0 aromatic carbocycles. The molecule has 0 amide bonds. The molecule has 3 heterocycles. The number of rotatable bonds is 7. The summed E-state index contributed by atoms with van der Waals surface area (Å²) in [6.07, 6.45) is 11.0. The third-order valence-corrected chi connectivity index (χ3v) is 14.0. The van der Waals surface area contributed by atoms with Crippen LogP contribution in [0, 0.1) is 28.6 Å². The number of hydrogen-bond acceptors (Lipinski definition) is 10. The van der Waals surface area contributed by atoms with Gasteiger partial charge in [-0.3, -0.25) is 4.99 Å². The number of carbonyl (C=O) groups is 1. The average molecular weight is 645 g/mol. The monoisotopic (exact) mass is 644 g/mol. The highest BCUT2D eigenvalue weighted by Crippen LogP contribution is 2.70. The predicted octanol–water partition coefficient (Wildman–Crippen LogP) is 3.14. The van der Waals surface area contributed by atoms with Crippen LogP contribution in [0.5, 0.6) is 0 Å². The average Bonchev–Trinajstić information content (AvgIpc) is 3.58. The van der Waals surface area contributed by atoms with Gasteiger partial charge in [-0.05, 0) is 108 Å². The molecule has 0 bridgehead atoms. The fourth-order valence-electron chi connectivity index (χ4n) is 11.4. The van der Waals surface area contributed by atoms with Crippen LogP contribution < -0.4 is 0 Å². The molecule has 6 fully saturated rings. The van der Waals surface area contributed by atoms with Gasteiger partial charge in [-0.1, -0.05) is 13.3 Å². The first-order chi connectivity index (χ1) is 22.0. The number of carbonyl (C=O) groups excluding carboxylic acids is 1. The van der Waals surface area contributed by atoms with Crippen LogP contribution in [0.25, 0.3) is 0 Å². The Balaban J connectivity index is 1.14. The molecule has 3 aliphatic heterocycles. The summed E-state index contributed by atoms with van der Waals surface area (Å²) in [5.74, 6) is -0.0415. The topological polar surface area (TPSA) is 141 Å². The zero-order chi connectivity index (χ0) is 32.3. The Labute approximate surface area is 273 Å². The number of piperidine rings is 1. The van der Waals surface area contributed by atoms with E-state index in [-0.39, 0.29) is 41.7 Å². The van der Waals surface area contributed by atoms with Gasteiger partial charge in [0.2, 0.25) is 0 Å². The van der Waals surface area contributed by atoms with E-state index in [2.05, 4.69) is 18.0 Å². The van der Waals surface area contributed by atoms with Gasteiger partial charge in [0, 0.05) is 42.5 Å². The Morgan fingerprint density at radius 2 is 1.83 bits per heavy atom. The van der Waals surface area contributed by atoms with E-state index < -0.39 is 41.2 Å². The number of aliphatic hydroxyl groups excluding tert-OH is 2. The number of esters is 1. The quantitative estimate of drug-likeness (QED) is 0.187. The van der Waals surface area contributed by atoms with Gasteiger partial charge < -0.3 is 39.5 Å². The number of nitrogens with zero attached hydrogens (tertiary/aromatic N) is 2. The second kappa shape index (κ2) is 12.5. The van der Waals surface area contributed by atoms with Crippen LogP contribution >= 0.6 is 0 Å². The van der Waals surface area contributed by atoms with Gasteiger partial charge in [-0.2, -0.15) is 0 Å². The van der Waals surface area contributed by atoms with Gasteiger partial charge in [-0.25, -0.2) is 4.79 Å².